The molecule has 0 saturated carbocycles. The Kier molecular flexibility index (Phi) is 5.37. The Morgan fingerprint density at radius 2 is 2.00 bits per heavy atom. The van der Waals surface area contributed by atoms with Crippen molar-refractivity contribution in [2.45, 2.75) is 19.4 Å². The Morgan fingerprint density at radius 1 is 1.30 bits per heavy atom. The fraction of sp³-hybridized carbons (Fsp3) is 0.429. The van der Waals surface area contributed by atoms with Crippen LogP contribution in [0.5, 0.6) is 5.75 Å². The zero-order chi connectivity index (χ0) is 15.2. The number of carbonyl (C=O) groups excluding carboxylic acids is 2. The molecule has 1 rings (SSSR count). The molecule has 0 aliphatic heterocycles. The molecule has 0 unspecified atom stereocenters. The summed E-state index contributed by atoms with van der Waals surface area (Å²) in [6.07, 6.45) is -0.513. The maximum atomic E-state index is 11.5. The summed E-state index contributed by atoms with van der Waals surface area (Å²) in [5.41, 5.74) is -0.114. The molecular formula is C14H20N2O4. The van der Waals surface area contributed by atoms with Gasteiger partial charge in [-0.15, -0.1) is 0 Å². The Bertz CT molecular complexity index is 486. The number of ether oxygens (including phenoxy) is 2. The van der Waals surface area contributed by atoms with E-state index in [4.69, 9.17) is 4.74 Å². The van der Waals surface area contributed by atoms with Gasteiger partial charge in [0.25, 0.3) is 5.91 Å². The van der Waals surface area contributed by atoms with Crippen molar-refractivity contribution in [1.82, 2.24) is 10.6 Å². The van der Waals surface area contributed by atoms with Gasteiger partial charge >= 0.3 is 6.09 Å². The van der Waals surface area contributed by atoms with Crippen LogP contribution in [0, 0.1) is 0 Å². The van der Waals surface area contributed by atoms with Gasteiger partial charge in [-0.25, -0.2) is 4.79 Å². The summed E-state index contributed by atoms with van der Waals surface area (Å²) < 4.78 is 10.3. The van der Waals surface area contributed by atoms with Gasteiger partial charge in [-0.1, -0.05) is 6.07 Å². The van der Waals surface area contributed by atoms with Gasteiger partial charge in [0.2, 0.25) is 0 Å². The van der Waals surface area contributed by atoms with E-state index in [0.29, 0.717) is 11.3 Å². The molecule has 1 aromatic rings. The van der Waals surface area contributed by atoms with Crippen molar-refractivity contribution in [3.63, 3.8) is 0 Å². The van der Waals surface area contributed by atoms with Gasteiger partial charge in [-0.2, -0.15) is 0 Å². The first-order valence-electron chi connectivity index (χ1n) is 6.21. The number of hydrogen-bond donors (Lipinski definition) is 2. The maximum Gasteiger partial charge on any atom is 0.406 e. The van der Waals surface area contributed by atoms with Crippen LogP contribution >= 0.6 is 0 Å². The van der Waals surface area contributed by atoms with Gasteiger partial charge in [-0.3, -0.25) is 4.79 Å². The third kappa shape index (κ3) is 4.79. The maximum absolute atomic E-state index is 11.5. The molecule has 0 heterocycles. The summed E-state index contributed by atoms with van der Waals surface area (Å²) in [4.78, 5) is 22.6. The Hall–Kier alpha value is -2.24. The Morgan fingerprint density at radius 3 is 2.60 bits per heavy atom. The predicted octanol–water partition coefficient (Wildman–Crippen LogP) is 1.56. The van der Waals surface area contributed by atoms with Gasteiger partial charge in [0, 0.05) is 12.6 Å². The summed E-state index contributed by atoms with van der Waals surface area (Å²) in [5.74, 6) is 0.378. The van der Waals surface area contributed by atoms with Gasteiger partial charge in [0.15, 0.2) is 0 Å². The molecule has 6 heteroatoms. The van der Waals surface area contributed by atoms with Crippen LogP contribution in [0.1, 0.15) is 24.2 Å². The zero-order valence-electron chi connectivity index (χ0n) is 12.1. The van der Waals surface area contributed by atoms with E-state index in [1.165, 1.54) is 7.11 Å². The molecule has 0 aromatic heterocycles. The second kappa shape index (κ2) is 6.79. The smallest absolute Gasteiger partial charge is 0.406 e. The second-order valence-corrected chi connectivity index (χ2v) is 4.81. The molecule has 0 radical (unpaired) electrons. The number of carbonyl (C=O) groups is 2. The molecule has 0 fully saturated rings. The fourth-order valence-electron chi connectivity index (χ4n) is 1.56. The second-order valence-electron chi connectivity index (χ2n) is 4.81. The molecule has 110 valence electrons. The fourth-order valence-corrected chi connectivity index (χ4v) is 1.56. The molecule has 0 aliphatic carbocycles. The highest BCUT2D eigenvalue weighted by Gasteiger charge is 2.21. The minimum Gasteiger partial charge on any atom is -0.486 e. The molecule has 0 saturated heterocycles. The first kappa shape index (κ1) is 15.8. The van der Waals surface area contributed by atoms with Crippen LogP contribution < -0.4 is 15.4 Å². The molecule has 2 amide bonds. The van der Waals surface area contributed by atoms with E-state index in [2.05, 4.69) is 15.4 Å². The minimum absolute atomic E-state index is 0.180. The van der Waals surface area contributed by atoms with Crippen molar-refractivity contribution in [2.75, 3.05) is 20.7 Å². The predicted molar refractivity (Wildman–Crippen MR) is 74.9 cm³/mol. The molecule has 0 spiro atoms. The first-order chi connectivity index (χ1) is 9.38. The number of hydrogen-bond acceptors (Lipinski definition) is 4. The lowest BCUT2D eigenvalue weighted by atomic mass is 10.1. The summed E-state index contributed by atoms with van der Waals surface area (Å²) in [6.45, 7) is 3.94. The number of amides is 2. The van der Waals surface area contributed by atoms with Crippen molar-refractivity contribution in [3.8, 4) is 5.75 Å². The highest BCUT2D eigenvalue weighted by atomic mass is 16.5. The normalized spacial score (nSPS) is 10.6. The first-order valence-corrected chi connectivity index (χ1v) is 6.21. The van der Waals surface area contributed by atoms with Crippen molar-refractivity contribution >= 4 is 12.0 Å². The number of alkyl carbamates (subject to hydrolysis) is 1. The highest BCUT2D eigenvalue weighted by molar-refractivity contribution is 5.94. The minimum atomic E-state index is -0.629. The Balaban J connectivity index is 2.71. The van der Waals surface area contributed by atoms with Gasteiger partial charge in [0.1, 0.15) is 11.4 Å². The third-order valence-corrected chi connectivity index (χ3v) is 2.56. The number of nitrogens with one attached hydrogen (secondary N) is 2. The largest absolute Gasteiger partial charge is 0.486 e. The van der Waals surface area contributed by atoms with Gasteiger partial charge < -0.3 is 20.1 Å². The number of rotatable bonds is 5. The average Bonchev–Trinajstić information content (AvgIpc) is 2.43. The van der Waals surface area contributed by atoms with Gasteiger partial charge in [0.05, 0.1) is 13.7 Å². The van der Waals surface area contributed by atoms with Crippen molar-refractivity contribution in [2.24, 2.45) is 0 Å². The molecule has 2 N–H and O–H groups in total. The summed E-state index contributed by atoms with van der Waals surface area (Å²) in [5, 5.41) is 5.13. The molecule has 0 atom stereocenters. The molecule has 0 bridgehead atoms. The third-order valence-electron chi connectivity index (χ3n) is 2.56. The average molecular weight is 280 g/mol. The quantitative estimate of drug-likeness (QED) is 0.858. The van der Waals surface area contributed by atoms with E-state index in [1.807, 2.05) is 13.8 Å². The molecule has 6 nitrogen and oxygen atoms in total. The van der Waals surface area contributed by atoms with E-state index in [-0.39, 0.29) is 12.5 Å². The molecule has 20 heavy (non-hydrogen) atoms. The van der Waals surface area contributed by atoms with Crippen molar-refractivity contribution in [3.05, 3.63) is 29.8 Å². The van der Waals surface area contributed by atoms with Crippen molar-refractivity contribution < 1.29 is 19.1 Å². The Labute approximate surface area is 118 Å². The lowest BCUT2D eigenvalue weighted by molar-refractivity contribution is 0.0952. The summed E-state index contributed by atoms with van der Waals surface area (Å²) in [6, 6.07) is 6.85. The van der Waals surface area contributed by atoms with Crippen LogP contribution in [-0.4, -0.2) is 38.3 Å². The van der Waals surface area contributed by atoms with E-state index in [1.54, 1.807) is 31.3 Å². The van der Waals surface area contributed by atoms with Crippen molar-refractivity contribution in [1.29, 1.82) is 0 Å². The van der Waals surface area contributed by atoms with Crippen LogP contribution in [-0.2, 0) is 4.74 Å². The van der Waals surface area contributed by atoms with E-state index < -0.39 is 11.7 Å². The highest BCUT2D eigenvalue weighted by Crippen LogP contribution is 2.19. The summed E-state index contributed by atoms with van der Waals surface area (Å²) in [7, 11) is 2.87. The molecular weight excluding hydrogens is 260 g/mol. The lowest BCUT2D eigenvalue weighted by Gasteiger charge is -2.26. The number of methoxy groups -OCH3 is 1. The topological polar surface area (TPSA) is 76.7 Å². The van der Waals surface area contributed by atoms with Crippen LogP contribution in [0.3, 0.4) is 0 Å². The standard InChI is InChI=1S/C14H20N2O4/c1-14(2,9-16-13(18)19-4)20-11-7-5-6-10(8-11)12(17)15-3/h5-8H,9H2,1-4H3,(H,15,17)(H,16,18). The van der Waals surface area contributed by atoms with Crippen LogP contribution in [0.25, 0.3) is 0 Å². The van der Waals surface area contributed by atoms with E-state index in [9.17, 15) is 9.59 Å². The zero-order valence-corrected chi connectivity index (χ0v) is 12.1. The van der Waals surface area contributed by atoms with E-state index >= 15 is 0 Å². The van der Waals surface area contributed by atoms with E-state index in [0.717, 1.165) is 0 Å². The number of benzene rings is 1. The molecule has 1 aromatic carbocycles. The summed E-state index contributed by atoms with van der Waals surface area (Å²) >= 11 is 0. The van der Waals surface area contributed by atoms with Crippen LogP contribution in [0.15, 0.2) is 24.3 Å². The lowest BCUT2D eigenvalue weighted by Crippen LogP contribution is -2.42. The van der Waals surface area contributed by atoms with Gasteiger partial charge in [-0.05, 0) is 32.0 Å². The SMILES string of the molecule is CNC(=O)c1cccc(OC(C)(C)CNC(=O)OC)c1. The van der Waals surface area contributed by atoms with Crippen LogP contribution in [0.4, 0.5) is 4.79 Å². The van der Waals surface area contributed by atoms with Crippen LogP contribution in [0.2, 0.25) is 0 Å². The monoisotopic (exact) mass is 280 g/mol. The molecule has 0 aliphatic rings.